The number of sulfonamides is 1. The Hall–Kier alpha value is -2.34. The minimum atomic E-state index is -3.63. The molecule has 0 fully saturated rings. The SMILES string of the molecule is CC1CCN(CC2=NS(=O)(=O)c3ccccc3N2)c2ccccc21. The summed E-state index contributed by atoms with van der Waals surface area (Å²) in [6, 6.07) is 15.2. The summed E-state index contributed by atoms with van der Waals surface area (Å²) >= 11 is 0. The Morgan fingerprint density at radius 2 is 1.92 bits per heavy atom. The Morgan fingerprint density at radius 1 is 1.17 bits per heavy atom. The first kappa shape index (κ1) is 15.2. The zero-order valence-corrected chi connectivity index (χ0v) is 14.3. The van der Waals surface area contributed by atoms with Gasteiger partial charge in [-0.15, -0.1) is 4.40 Å². The van der Waals surface area contributed by atoms with Crippen LogP contribution in [-0.4, -0.2) is 27.3 Å². The van der Waals surface area contributed by atoms with E-state index in [1.807, 2.05) is 12.1 Å². The minimum Gasteiger partial charge on any atom is -0.364 e. The normalized spacial score (nSPS) is 21.3. The van der Waals surface area contributed by atoms with E-state index in [2.05, 4.69) is 39.7 Å². The van der Waals surface area contributed by atoms with Gasteiger partial charge in [-0.25, -0.2) is 0 Å². The molecule has 0 spiro atoms. The fourth-order valence-electron chi connectivity index (χ4n) is 3.40. The molecular formula is C18H19N3O2S. The molecule has 0 aromatic heterocycles. The van der Waals surface area contributed by atoms with Crippen LogP contribution < -0.4 is 10.2 Å². The Kier molecular flexibility index (Phi) is 3.57. The largest absolute Gasteiger partial charge is 0.364 e. The maximum Gasteiger partial charge on any atom is 0.286 e. The quantitative estimate of drug-likeness (QED) is 0.911. The van der Waals surface area contributed by atoms with Gasteiger partial charge in [-0.3, -0.25) is 0 Å². The summed E-state index contributed by atoms with van der Waals surface area (Å²) < 4.78 is 28.7. The van der Waals surface area contributed by atoms with Crippen molar-refractivity contribution in [1.29, 1.82) is 0 Å². The van der Waals surface area contributed by atoms with Crippen LogP contribution in [0.4, 0.5) is 11.4 Å². The van der Waals surface area contributed by atoms with Gasteiger partial charge in [0, 0.05) is 12.2 Å². The van der Waals surface area contributed by atoms with E-state index < -0.39 is 10.0 Å². The van der Waals surface area contributed by atoms with Gasteiger partial charge in [0.25, 0.3) is 10.0 Å². The van der Waals surface area contributed by atoms with Gasteiger partial charge < -0.3 is 10.2 Å². The molecule has 0 radical (unpaired) electrons. The lowest BCUT2D eigenvalue weighted by Crippen LogP contribution is -2.39. The Morgan fingerprint density at radius 3 is 2.79 bits per heavy atom. The summed E-state index contributed by atoms with van der Waals surface area (Å²) in [5, 5.41) is 3.17. The third-order valence-electron chi connectivity index (χ3n) is 4.66. The number of nitrogens with zero attached hydrogens (tertiary/aromatic N) is 2. The maximum atomic E-state index is 12.4. The smallest absolute Gasteiger partial charge is 0.286 e. The summed E-state index contributed by atoms with van der Waals surface area (Å²) in [4.78, 5) is 2.44. The number of anilines is 2. The first-order valence-corrected chi connectivity index (χ1v) is 9.52. The van der Waals surface area contributed by atoms with Crippen LogP contribution in [0.5, 0.6) is 0 Å². The Bertz CT molecular complexity index is 921. The Labute approximate surface area is 142 Å². The molecule has 124 valence electrons. The van der Waals surface area contributed by atoms with Crippen LogP contribution in [0.1, 0.15) is 24.8 Å². The van der Waals surface area contributed by atoms with Crippen molar-refractivity contribution in [1.82, 2.24) is 0 Å². The van der Waals surface area contributed by atoms with Crippen molar-refractivity contribution in [2.75, 3.05) is 23.3 Å². The van der Waals surface area contributed by atoms with E-state index in [9.17, 15) is 8.42 Å². The fourth-order valence-corrected chi connectivity index (χ4v) is 4.54. The molecule has 0 amide bonds. The molecule has 5 nitrogen and oxygen atoms in total. The van der Waals surface area contributed by atoms with Gasteiger partial charge in [0.2, 0.25) is 0 Å². The Balaban J connectivity index is 1.66. The molecule has 4 rings (SSSR count). The topological polar surface area (TPSA) is 61.8 Å². The first-order valence-electron chi connectivity index (χ1n) is 8.08. The fraction of sp³-hybridized carbons (Fsp3) is 0.278. The van der Waals surface area contributed by atoms with Crippen LogP contribution in [0, 0.1) is 0 Å². The predicted molar refractivity (Wildman–Crippen MR) is 96.4 cm³/mol. The van der Waals surface area contributed by atoms with Gasteiger partial charge >= 0.3 is 0 Å². The number of para-hydroxylation sites is 2. The molecule has 0 aliphatic carbocycles. The second-order valence-corrected chi connectivity index (χ2v) is 7.88. The number of amidine groups is 1. The third kappa shape index (κ3) is 2.57. The van der Waals surface area contributed by atoms with E-state index in [4.69, 9.17) is 0 Å². The highest BCUT2D eigenvalue weighted by atomic mass is 32.2. The number of hydrogen-bond acceptors (Lipinski definition) is 4. The van der Waals surface area contributed by atoms with Crippen LogP contribution in [-0.2, 0) is 10.0 Å². The second-order valence-electron chi connectivity index (χ2n) is 6.30. The van der Waals surface area contributed by atoms with Gasteiger partial charge in [0.15, 0.2) is 0 Å². The number of hydrogen-bond donors (Lipinski definition) is 1. The molecule has 24 heavy (non-hydrogen) atoms. The van der Waals surface area contributed by atoms with Crippen LogP contribution >= 0.6 is 0 Å². The summed E-state index contributed by atoms with van der Waals surface area (Å²) in [6.45, 7) is 3.57. The van der Waals surface area contributed by atoms with Crippen molar-refractivity contribution in [3.05, 3.63) is 54.1 Å². The molecule has 0 bridgehead atoms. The van der Waals surface area contributed by atoms with E-state index >= 15 is 0 Å². The monoisotopic (exact) mass is 341 g/mol. The van der Waals surface area contributed by atoms with Crippen LogP contribution in [0.15, 0.2) is 57.8 Å². The van der Waals surface area contributed by atoms with E-state index in [0.717, 1.165) is 18.7 Å². The zero-order chi connectivity index (χ0) is 16.7. The molecule has 1 unspecified atom stereocenters. The molecule has 1 N–H and O–H groups in total. The average molecular weight is 341 g/mol. The van der Waals surface area contributed by atoms with Crippen molar-refractivity contribution in [2.24, 2.45) is 4.40 Å². The zero-order valence-electron chi connectivity index (χ0n) is 13.4. The molecule has 2 aliphatic heterocycles. The molecule has 0 saturated heterocycles. The van der Waals surface area contributed by atoms with Gasteiger partial charge in [0.05, 0.1) is 12.2 Å². The first-order chi connectivity index (χ1) is 11.5. The van der Waals surface area contributed by atoms with Crippen LogP contribution in [0.25, 0.3) is 0 Å². The molecule has 2 aromatic carbocycles. The third-order valence-corrected chi connectivity index (χ3v) is 6.03. The van der Waals surface area contributed by atoms with E-state index in [-0.39, 0.29) is 4.90 Å². The van der Waals surface area contributed by atoms with Crippen molar-refractivity contribution >= 4 is 27.2 Å². The minimum absolute atomic E-state index is 0.237. The molecule has 2 heterocycles. The van der Waals surface area contributed by atoms with Crippen molar-refractivity contribution < 1.29 is 8.42 Å². The molecule has 1 atom stereocenters. The average Bonchev–Trinajstić information content (AvgIpc) is 2.57. The molecule has 6 heteroatoms. The van der Waals surface area contributed by atoms with Gasteiger partial charge in [-0.1, -0.05) is 37.3 Å². The number of rotatable bonds is 2. The lowest BCUT2D eigenvalue weighted by molar-refractivity contribution is 0.597. The highest BCUT2D eigenvalue weighted by Crippen LogP contribution is 2.35. The number of fused-ring (bicyclic) bond motifs is 2. The van der Waals surface area contributed by atoms with Gasteiger partial charge in [-0.05, 0) is 36.1 Å². The van der Waals surface area contributed by atoms with Crippen molar-refractivity contribution in [3.63, 3.8) is 0 Å². The highest BCUT2D eigenvalue weighted by Gasteiger charge is 2.27. The van der Waals surface area contributed by atoms with Gasteiger partial charge in [-0.2, -0.15) is 8.42 Å². The summed E-state index contributed by atoms with van der Waals surface area (Å²) in [6.07, 6.45) is 1.05. The molecule has 2 aliphatic rings. The van der Waals surface area contributed by atoms with Crippen LogP contribution in [0.2, 0.25) is 0 Å². The van der Waals surface area contributed by atoms with E-state index in [1.54, 1.807) is 18.2 Å². The molecule has 2 aromatic rings. The number of nitrogens with one attached hydrogen (secondary N) is 1. The van der Waals surface area contributed by atoms with E-state index in [0.29, 0.717) is 24.0 Å². The van der Waals surface area contributed by atoms with E-state index in [1.165, 1.54) is 5.56 Å². The summed E-state index contributed by atoms with van der Waals surface area (Å²) in [5.74, 6) is 0.987. The predicted octanol–water partition coefficient (Wildman–Crippen LogP) is 3.21. The van der Waals surface area contributed by atoms with Gasteiger partial charge in [0.1, 0.15) is 10.7 Å². The standard InChI is InChI=1S/C18H19N3O2S/c1-13-10-11-21(16-8-4-2-6-14(13)16)12-18-19-15-7-3-5-9-17(15)24(22,23)20-18/h2-9,13H,10-12H2,1H3,(H,19,20). The lowest BCUT2D eigenvalue weighted by atomic mass is 9.91. The molecule has 0 saturated carbocycles. The van der Waals surface area contributed by atoms with Crippen molar-refractivity contribution in [2.45, 2.75) is 24.2 Å². The summed E-state index contributed by atoms with van der Waals surface area (Å²) in [5.41, 5.74) is 3.07. The molecular weight excluding hydrogens is 322 g/mol. The highest BCUT2D eigenvalue weighted by molar-refractivity contribution is 7.90. The lowest BCUT2D eigenvalue weighted by Gasteiger charge is -2.35. The number of benzene rings is 2. The maximum absolute atomic E-state index is 12.4. The van der Waals surface area contributed by atoms with Crippen molar-refractivity contribution in [3.8, 4) is 0 Å². The summed E-state index contributed by atoms with van der Waals surface area (Å²) in [7, 11) is -3.63. The second kappa shape index (κ2) is 5.63. The van der Waals surface area contributed by atoms with Crippen LogP contribution in [0.3, 0.4) is 0 Å².